The van der Waals surface area contributed by atoms with E-state index in [-0.39, 0.29) is 30.1 Å². The van der Waals surface area contributed by atoms with E-state index in [4.69, 9.17) is 15.5 Å². The Labute approximate surface area is 204 Å². The van der Waals surface area contributed by atoms with Crippen molar-refractivity contribution in [1.82, 2.24) is 10.2 Å². The molecule has 0 radical (unpaired) electrons. The molecule has 1 aromatic carbocycles. The number of rotatable bonds is 7. The van der Waals surface area contributed by atoms with Gasteiger partial charge in [-0.3, -0.25) is 10.1 Å². The van der Waals surface area contributed by atoms with Crippen molar-refractivity contribution in [3.63, 3.8) is 0 Å². The first-order chi connectivity index (χ1) is 16.5. The van der Waals surface area contributed by atoms with Crippen LogP contribution >= 0.6 is 0 Å². The molecule has 4 aliphatic rings. The Bertz CT molecular complexity index is 1290. The highest BCUT2D eigenvalue weighted by Crippen LogP contribution is 2.59. The van der Waals surface area contributed by atoms with Crippen LogP contribution in [-0.2, 0) is 9.84 Å². The Kier molecular flexibility index (Phi) is 5.66. The van der Waals surface area contributed by atoms with E-state index in [2.05, 4.69) is 16.3 Å². The Balaban J connectivity index is 1.46. The lowest BCUT2D eigenvalue weighted by atomic mass is 9.54. The maximum absolute atomic E-state index is 14.0. The van der Waals surface area contributed by atoms with Crippen LogP contribution in [0.4, 0.5) is 4.39 Å². The highest BCUT2D eigenvalue weighted by atomic mass is 32.2. The lowest BCUT2D eigenvalue weighted by molar-refractivity contribution is 0.0140. The van der Waals surface area contributed by atoms with Gasteiger partial charge in [0.15, 0.2) is 15.4 Å². The Morgan fingerprint density at radius 2 is 2.09 bits per heavy atom. The molecule has 35 heavy (non-hydrogen) atoms. The smallest absolute Gasteiger partial charge is 0.175 e. The summed E-state index contributed by atoms with van der Waals surface area (Å²) in [4.78, 5) is 4.92. The minimum atomic E-state index is -3.17. The summed E-state index contributed by atoms with van der Waals surface area (Å²) < 4.78 is 45.0. The highest BCUT2D eigenvalue weighted by Gasteiger charge is 2.59. The van der Waals surface area contributed by atoms with Gasteiger partial charge in [0.05, 0.1) is 29.5 Å². The minimum absolute atomic E-state index is 0.0531. The summed E-state index contributed by atoms with van der Waals surface area (Å²) in [6, 6.07) is 6.21. The molecule has 4 saturated carbocycles. The van der Waals surface area contributed by atoms with Gasteiger partial charge in [0, 0.05) is 23.6 Å². The Hall–Kier alpha value is -2.93. The fourth-order valence-electron chi connectivity index (χ4n) is 6.67. The first kappa shape index (κ1) is 23.8. The van der Waals surface area contributed by atoms with Gasteiger partial charge in [-0.2, -0.15) is 10.4 Å². The van der Waals surface area contributed by atoms with Gasteiger partial charge >= 0.3 is 0 Å². The molecule has 186 valence electrons. The fraction of sp³-hybridized carbons (Fsp3) is 0.560. The number of amidine groups is 1. The number of halogens is 1. The zero-order valence-electron chi connectivity index (χ0n) is 19.9. The lowest BCUT2D eigenvalue weighted by Crippen LogP contribution is -2.60. The second-order valence-electron chi connectivity index (χ2n) is 10.7. The predicted octanol–water partition coefficient (Wildman–Crippen LogP) is 3.62. The molecule has 4 fully saturated rings. The number of aliphatic imine (C=N–C) groups is 1. The quantitative estimate of drug-likeness (QED) is 0.441. The van der Waals surface area contributed by atoms with E-state index in [1.165, 1.54) is 24.5 Å². The van der Waals surface area contributed by atoms with Crippen LogP contribution in [0.3, 0.4) is 0 Å². The molecule has 0 amide bonds. The van der Waals surface area contributed by atoms with Crippen LogP contribution in [0.5, 0.6) is 5.75 Å². The number of benzene rings is 1. The normalized spacial score (nSPS) is 31.7. The summed E-state index contributed by atoms with van der Waals surface area (Å²) in [6.45, 7) is 1.71. The molecule has 6 rings (SSSR count). The van der Waals surface area contributed by atoms with Crippen molar-refractivity contribution >= 4 is 15.7 Å². The van der Waals surface area contributed by atoms with Crippen molar-refractivity contribution in [2.75, 3.05) is 6.26 Å². The molecule has 4 aliphatic carbocycles. The third kappa shape index (κ3) is 4.10. The van der Waals surface area contributed by atoms with Crippen molar-refractivity contribution in [3.05, 3.63) is 36.4 Å². The summed E-state index contributed by atoms with van der Waals surface area (Å²) in [7, 11) is -3.17. The standard InChI is InChI=1S/C25H30FN5O3S/c1-24(5-6-27,34-21-4-3-19(26)9-20(21)18-13-29-30-14-18)23(28)31-22-16-7-15-8-17(22)12-25(10-15,11-16)35(2,32)33/h3-4,9,13-17,22H,5,7-8,10-12H2,1-2H3,(H2,28,31)(H,29,30). The second kappa shape index (κ2) is 8.33. The molecule has 3 atom stereocenters. The molecule has 2 aromatic rings. The number of nitrogens with zero attached hydrogens (tertiary/aromatic N) is 3. The monoisotopic (exact) mass is 499 g/mol. The number of nitrogens with two attached hydrogens (primary N) is 1. The van der Waals surface area contributed by atoms with E-state index in [1.807, 2.05) is 0 Å². The number of H-pyrrole nitrogens is 1. The molecule has 0 spiro atoms. The second-order valence-corrected chi connectivity index (χ2v) is 13.1. The average Bonchev–Trinajstić information content (AvgIpc) is 3.31. The molecule has 3 unspecified atom stereocenters. The van der Waals surface area contributed by atoms with Gasteiger partial charge in [0.25, 0.3) is 0 Å². The minimum Gasteiger partial charge on any atom is -0.478 e. The molecular formula is C25H30FN5O3S. The topological polar surface area (TPSA) is 134 Å². The van der Waals surface area contributed by atoms with Crippen molar-refractivity contribution in [2.24, 2.45) is 28.5 Å². The number of nitriles is 1. The van der Waals surface area contributed by atoms with E-state index in [0.717, 1.165) is 19.3 Å². The highest BCUT2D eigenvalue weighted by molar-refractivity contribution is 7.92. The van der Waals surface area contributed by atoms with Gasteiger partial charge in [0.2, 0.25) is 0 Å². The fourth-order valence-corrected chi connectivity index (χ4v) is 8.24. The summed E-state index contributed by atoms with van der Waals surface area (Å²) in [5, 5.41) is 16.2. The lowest BCUT2D eigenvalue weighted by Gasteiger charge is -2.58. The first-order valence-corrected chi connectivity index (χ1v) is 13.8. The van der Waals surface area contributed by atoms with E-state index < -0.39 is 26.0 Å². The van der Waals surface area contributed by atoms with Crippen LogP contribution in [-0.4, -0.2) is 47.1 Å². The zero-order valence-corrected chi connectivity index (χ0v) is 20.7. The van der Waals surface area contributed by atoms with E-state index in [1.54, 1.807) is 19.3 Å². The number of hydrogen-bond acceptors (Lipinski definition) is 6. The van der Waals surface area contributed by atoms with Gasteiger partial charge in [-0.25, -0.2) is 12.8 Å². The zero-order chi connectivity index (χ0) is 25.0. The molecular weight excluding hydrogens is 469 g/mol. The largest absolute Gasteiger partial charge is 0.478 e. The molecule has 0 aliphatic heterocycles. The number of sulfone groups is 1. The van der Waals surface area contributed by atoms with Gasteiger partial charge in [-0.15, -0.1) is 0 Å². The first-order valence-electron chi connectivity index (χ1n) is 11.9. The van der Waals surface area contributed by atoms with E-state index >= 15 is 0 Å². The third-order valence-electron chi connectivity index (χ3n) is 8.29. The predicted molar refractivity (Wildman–Crippen MR) is 130 cm³/mol. The molecule has 8 nitrogen and oxygen atoms in total. The number of aromatic amines is 1. The molecule has 1 aromatic heterocycles. The maximum atomic E-state index is 14.0. The van der Waals surface area contributed by atoms with Crippen molar-refractivity contribution in [2.45, 2.75) is 61.8 Å². The average molecular weight is 500 g/mol. The molecule has 1 heterocycles. The Morgan fingerprint density at radius 1 is 1.37 bits per heavy atom. The SMILES string of the molecule is CC(CC#N)(Oc1ccc(F)cc1-c1cn[nH]c1)C(N)=NC1C2CC3CC1CC(S(C)(=O)=O)(C3)C2. The molecule has 0 saturated heterocycles. The van der Waals surface area contributed by atoms with Gasteiger partial charge in [-0.1, -0.05) is 0 Å². The van der Waals surface area contributed by atoms with Crippen LogP contribution in [0, 0.1) is 34.9 Å². The van der Waals surface area contributed by atoms with Crippen LogP contribution in [0.2, 0.25) is 0 Å². The number of nitrogens with one attached hydrogen (secondary N) is 1. The summed E-state index contributed by atoms with van der Waals surface area (Å²) >= 11 is 0. The van der Waals surface area contributed by atoms with Crippen molar-refractivity contribution < 1.29 is 17.5 Å². The molecule has 4 bridgehead atoms. The summed E-state index contributed by atoms with van der Waals surface area (Å²) in [5.41, 5.74) is 6.43. The van der Waals surface area contributed by atoms with Gasteiger partial charge in [0.1, 0.15) is 17.4 Å². The summed E-state index contributed by atoms with van der Waals surface area (Å²) in [6.07, 6.45) is 8.38. The number of ether oxygens (including phenoxy) is 1. The van der Waals surface area contributed by atoms with Crippen LogP contribution in [0.25, 0.3) is 11.1 Å². The van der Waals surface area contributed by atoms with E-state index in [0.29, 0.717) is 35.6 Å². The van der Waals surface area contributed by atoms with Crippen molar-refractivity contribution in [3.8, 4) is 22.9 Å². The van der Waals surface area contributed by atoms with Crippen LogP contribution in [0.15, 0.2) is 35.6 Å². The van der Waals surface area contributed by atoms with Crippen LogP contribution in [0.1, 0.15) is 45.4 Å². The van der Waals surface area contributed by atoms with E-state index in [9.17, 15) is 18.1 Å². The summed E-state index contributed by atoms with van der Waals surface area (Å²) in [5.74, 6) is 0.845. The van der Waals surface area contributed by atoms with Crippen molar-refractivity contribution in [1.29, 1.82) is 5.26 Å². The third-order valence-corrected chi connectivity index (χ3v) is 10.4. The number of aromatic nitrogens is 2. The van der Waals surface area contributed by atoms with Gasteiger partial charge < -0.3 is 10.5 Å². The molecule has 3 N–H and O–H groups in total. The molecule has 10 heteroatoms. The van der Waals surface area contributed by atoms with Crippen LogP contribution < -0.4 is 10.5 Å². The Morgan fingerprint density at radius 3 is 2.69 bits per heavy atom. The maximum Gasteiger partial charge on any atom is 0.175 e. The number of hydrogen-bond donors (Lipinski definition) is 2. The van der Waals surface area contributed by atoms with Gasteiger partial charge in [-0.05, 0) is 75.0 Å².